The van der Waals surface area contributed by atoms with E-state index >= 15 is 0 Å². The van der Waals surface area contributed by atoms with E-state index in [1.54, 1.807) is 7.11 Å². The molecule has 5 rings (SSSR count). The Bertz CT molecular complexity index is 1110. The fourth-order valence-corrected chi connectivity index (χ4v) is 7.62. The molecule has 3 aliphatic rings. The SMILES string of the molecule is COc1ccc2c(c1)CC[C@H]1[C@@H]3[C@H](CCCCCNC(=O)c4ccc(F)cc4)CC(=O)[C@@]3(C)CC[C@H]21. The maximum Gasteiger partial charge on any atom is 0.251 e. The van der Waals surface area contributed by atoms with E-state index in [0.29, 0.717) is 41.6 Å². The van der Waals surface area contributed by atoms with Crippen LogP contribution in [0.2, 0.25) is 0 Å². The molecule has 0 heterocycles. The first kappa shape index (κ1) is 25.0. The molecule has 0 radical (unpaired) electrons. The second-order valence-electron chi connectivity index (χ2n) is 11.4. The molecule has 0 aliphatic heterocycles. The number of carbonyl (C=O) groups is 2. The predicted molar refractivity (Wildman–Crippen MR) is 139 cm³/mol. The summed E-state index contributed by atoms with van der Waals surface area (Å²) < 4.78 is 18.5. The molecular formula is C31H38FNO3. The topological polar surface area (TPSA) is 55.4 Å². The first-order chi connectivity index (χ1) is 17.4. The monoisotopic (exact) mass is 491 g/mol. The maximum atomic E-state index is 13.2. The number of amides is 1. The third-order valence-electron chi connectivity index (χ3n) is 9.42. The minimum absolute atomic E-state index is 0.154. The van der Waals surface area contributed by atoms with Crippen LogP contribution < -0.4 is 10.1 Å². The van der Waals surface area contributed by atoms with Gasteiger partial charge in [-0.25, -0.2) is 4.39 Å². The van der Waals surface area contributed by atoms with Gasteiger partial charge in [0, 0.05) is 23.9 Å². The van der Waals surface area contributed by atoms with Gasteiger partial charge in [-0.1, -0.05) is 25.8 Å². The predicted octanol–water partition coefficient (Wildman–Crippen LogP) is 6.48. The number of nitrogens with one attached hydrogen (secondary N) is 1. The summed E-state index contributed by atoms with van der Waals surface area (Å²) in [5.41, 5.74) is 3.25. The van der Waals surface area contributed by atoms with Crippen molar-refractivity contribution in [2.75, 3.05) is 13.7 Å². The van der Waals surface area contributed by atoms with E-state index in [2.05, 4.69) is 30.4 Å². The number of ketones is 1. The van der Waals surface area contributed by atoms with E-state index in [1.165, 1.54) is 41.8 Å². The fourth-order valence-electron chi connectivity index (χ4n) is 7.62. The van der Waals surface area contributed by atoms with Crippen molar-refractivity contribution in [3.05, 3.63) is 65.0 Å². The lowest BCUT2D eigenvalue weighted by molar-refractivity contribution is -0.129. The van der Waals surface area contributed by atoms with Crippen molar-refractivity contribution in [2.45, 2.75) is 70.6 Å². The van der Waals surface area contributed by atoms with Gasteiger partial charge in [-0.05, 0) is 110 Å². The minimum Gasteiger partial charge on any atom is -0.497 e. The second-order valence-corrected chi connectivity index (χ2v) is 11.4. The Morgan fingerprint density at radius 2 is 1.92 bits per heavy atom. The van der Waals surface area contributed by atoms with Gasteiger partial charge in [0.25, 0.3) is 5.91 Å². The molecule has 1 amide bonds. The van der Waals surface area contributed by atoms with Gasteiger partial charge >= 0.3 is 0 Å². The molecule has 0 saturated heterocycles. The van der Waals surface area contributed by atoms with Crippen LogP contribution in [-0.4, -0.2) is 25.3 Å². The van der Waals surface area contributed by atoms with Gasteiger partial charge in [0.15, 0.2) is 0 Å². The number of benzene rings is 2. The molecule has 192 valence electrons. The number of ether oxygens (including phenoxy) is 1. The van der Waals surface area contributed by atoms with Crippen molar-refractivity contribution < 1.29 is 18.7 Å². The van der Waals surface area contributed by atoms with Gasteiger partial charge in [0.1, 0.15) is 17.3 Å². The maximum absolute atomic E-state index is 13.2. The zero-order valence-electron chi connectivity index (χ0n) is 21.5. The summed E-state index contributed by atoms with van der Waals surface area (Å²) in [6, 6.07) is 12.2. The largest absolute Gasteiger partial charge is 0.497 e. The third kappa shape index (κ3) is 4.69. The molecule has 36 heavy (non-hydrogen) atoms. The lowest BCUT2D eigenvalue weighted by Crippen LogP contribution is -2.44. The number of carbonyl (C=O) groups excluding carboxylic acids is 2. The van der Waals surface area contributed by atoms with Crippen LogP contribution in [-0.2, 0) is 11.2 Å². The van der Waals surface area contributed by atoms with Gasteiger partial charge in [0.2, 0.25) is 0 Å². The van der Waals surface area contributed by atoms with Crippen LogP contribution >= 0.6 is 0 Å². The lowest BCUT2D eigenvalue weighted by Gasteiger charge is -2.50. The Balaban J connectivity index is 1.16. The van der Waals surface area contributed by atoms with Crippen LogP contribution in [0.25, 0.3) is 0 Å². The summed E-state index contributed by atoms with van der Waals surface area (Å²) in [7, 11) is 1.73. The van der Waals surface area contributed by atoms with Crippen LogP contribution in [0.15, 0.2) is 42.5 Å². The van der Waals surface area contributed by atoms with E-state index in [1.807, 2.05) is 0 Å². The number of unbranched alkanes of at least 4 members (excludes halogenated alkanes) is 2. The summed E-state index contributed by atoms with van der Waals surface area (Å²) in [6.45, 7) is 2.87. The number of hydrogen-bond donors (Lipinski definition) is 1. The lowest BCUT2D eigenvalue weighted by atomic mass is 9.54. The highest BCUT2D eigenvalue weighted by atomic mass is 19.1. The molecule has 0 aromatic heterocycles. The van der Waals surface area contributed by atoms with Crippen LogP contribution in [0.1, 0.15) is 85.7 Å². The quantitative estimate of drug-likeness (QED) is 0.430. The average molecular weight is 492 g/mol. The normalized spacial score (nSPS) is 28.7. The van der Waals surface area contributed by atoms with Crippen LogP contribution in [0.3, 0.4) is 0 Å². The number of aryl methyl sites for hydroxylation is 1. The van der Waals surface area contributed by atoms with Gasteiger partial charge in [-0.15, -0.1) is 0 Å². The van der Waals surface area contributed by atoms with E-state index < -0.39 is 0 Å². The molecule has 4 nitrogen and oxygen atoms in total. The Morgan fingerprint density at radius 3 is 2.69 bits per heavy atom. The standard InChI is InChI=1S/C31H38FNO3/c1-31-16-15-26-25-14-12-24(36-2)18-21(25)9-13-27(26)29(31)22(19-28(31)34)6-4-3-5-17-33-30(35)20-7-10-23(32)11-8-20/h7-8,10-12,14,18,22,26-27,29H,3-6,9,13,15-17,19H2,1-2H3,(H,33,35)/t22-,26-,27-,29+,31-/m1/s1. The summed E-state index contributed by atoms with van der Waals surface area (Å²) in [4.78, 5) is 25.4. The van der Waals surface area contributed by atoms with Gasteiger partial charge in [0.05, 0.1) is 7.11 Å². The van der Waals surface area contributed by atoms with Crippen LogP contribution in [0, 0.1) is 29.0 Å². The number of hydrogen-bond acceptors (Lipinski definition) is 3. The first-order valence-corrected chi connectivity index (χ1v) is 13.6. The second kappa shape index (κ2) is 10.4. The molecular weight excluding hydrogens is 453 g/mol. The summed E-state index contributed by atoms with van der Waals surface area (Å²) >= 11 is 0. The van der Waals surface area contributed by atoms with Crippen molar-refractivity contribution in [3.63, 3.8) is 0 Å². The average Bonchev–Trinajstić information content (AvgIpc) is 3.15. The Morgan fingerprint density at radius 1 is 1.11 bits per heavy atom. The number of halogens is 1. The van der Waals surface area contributed by atoms with Gasteiger partial charge < -0.3 is 10.1 Å². The number of fused-ring (bicyclic) bond motifs is 5. The van der Waals surface area contributed by atoms with Crippen molar-refractivity contribution in [3.8, 4) is 5.75 Å². The van der Waals surface area contributed by atoms with Crippen LogP contribution in [0.4, 0.5) is 4.39 Å². The molecule has 0 unspecified atom stereocenters. The van der Waals surface area contributed by atoms with E-state index in [4.69, 9.17) is 4.74 Å². The first-order valence-electron chi connectivity index (χ1n) is 13.6. The molecule has 0 spiro atoms. The number of Topliss-reactive ketones (excluding diaryl/α,β-unsaturated/α-hetero) is 1. The van der Waals surface area contributed by atoms with Gasteiger partial charge in [-0.3, -0.25) is 9.59 Å². The van der Waals surface area contributed by atoms with Crippen molar-refractivity contribution in [2.24, 2.45) is 23.2 Å². The molecule has 2 aromatic carbocycles. The summed E-state index contributed by atoms with van der Waals surface area (Å²) in [5.74, 6) is 3.05. The highest BCUT2D eigenvalue weighted by molar-refractivity contribution is 5.94. The molecule has 2 fully saturated rings. The fraction of sp³-hybridized carbons (Fsp3) is 0.548. The van der Waals surface area contributed by atoms with Gasteiger partial charge in [-0.2, -0.15) is 0 Å². The molecule has 5 atom stereocenters. The minimum atomic E-state index is -0.338. The molecule has 1 N–H and O–H groups in total. The van der Waals surface area contributed by atoms with Crippen molar-refractivity contribution in [1.29, 1.82) is 0 Å². The Labute approximate surface area is 214 Å². The zero-order valence-corrected chi connectivity index (χ0v) is 21.5. The Kier molecular flexibility index (Phi) is 7.18. The number of methoxy groups -OCH3 is 1. The highest BCUT2D eigenvalue weighted by Crippen LogP contribution is 2.62. The highest BCUT2D eigenvalue weighted by Gasteiger charge is 2.58. The van der Waals surface area contributed by atoms with E-state index in [-0.39, 0.29) is 17.1 Å². The summed E-state index contributed by atoms with van der Waals surface area (Å²) in [5, 5.41) is 2.94. The van der Waals surface area contributed by atoms with Crippen LogP contribution in [0.5, 0.6) is 5.75 Å². The van der Waals surface area contributed by atoms with Crippen molar-refractivity contribution >= 4 is 11.7 Å². The Hall–Kier alpha value is -2.69. The molecule has 2 aromatic rings. The third-order valence-corrected chi connectivity index (χ3v) is 9.42. The number of rotatable bonds is 8. The molecule has 3 aliphatic carbocycles. The molecule has 0 bridgehead atoms. The zero-order chi connectivity index (χ0) is 25.3. The summed E-state index contributed by atoms with van der Waals surface area (Å²) in [6.07, 6.45) is 9.24. The molecule has 5 heteroatoms. The smallest absolute Gasteiger partial charge is 0.251 e. The van der Waals surface area contributed by atoms with E-state index in [9.17, 15) is 14.0 Å². The van der Waals surface area contributed by atoms with E-state index in [0.717, 1.165) is 57.1 Å². The van der Waals surface area contributed by atoms with Crippen molar-refractivity contribution in [1.82, 2.24) is 5.32 Å². The molecule has 2 saturated carbocycles.